The van der Waals surface area contributed by atoms with Gasteiger partial charge in [0.25, 0.3) is 0 Å². The Morgan fingerprint density at radius 2 is 2.28 bits per heavy atom. The van der Waals surface area contributed by atoms with Crippen LogP contribution in [0.15, 0.2) is 0 Å². The lowest BCUT2D eigenvalue weighted by molar-refractivity contribution is -0.140. The summed E-state index contributed by atoms with van der Waals surface area (Å²) in [4.78, 5) is 14.5. The summed E-state index contributed by atoms with van der Waals surface area (Å²) in [5.41, 5.74) is 0. The standard InChI is InChI=1S/C14H26N2O2/c1-3-18-13-5-4-6-16(10-13)14(17)12-7-11(2)8-15-9-12/h11-13,15H,3-10H2,1-2H3. The van der Waals surface area contributed by atoms with Gasteiger partial charge in [0.2, 0.25) is 5.91 Å². The van der Waals surface area contributed by atoms with Crippen molar-refractivity contribution in [3.63, 3.8) is 0 Å². The van der Waals surface area contributed by atoms with Crippen LogP contribution in [-0.4, -0.2) is 49.7 Å². The lowest BCUT2D eigenvalue weighted by Crippen LogP contribution is -2.49. The molecule has 0 aliphatic carbocycles. The summed E-state index contributed by atoms with van der Waals surface area (Å²) in [5.74, 6) is 1.12. The van der Waals surface area contributed by atoms with Gasteiger partial charge in [-0.1, -0.05) is 6.92 Å². The Morgan fingerprint density at radius 1 is 1.44 bits per heavy atom. The summed E-state index contributed by atoms with van der Waals surface area (Å²) in [6.45, 7) is 8.57. The van der Waals surface area contributed by atoms with Crippen LogP contribution in [0.5, 0.6) is 0 Å². The van der Waals surface area contributed by atoms with Gasteiger partial charge in [-0.25, -0.2) is 0 Å². The molecule has 3 atom stereocenters. The molecule has 0 spiro atoms. The van der Waals surface area contributed by atoms with Crippen LogP contribution < -0.4 is 5.32 Å². The third-order valence-electron chi connectivity index (χ3n) is 4.01. The third-order valence-corrected chi connectivity index (χ3v) is 4.01. The molecule has 2 aliphatic rings. The van der Waals surface area contributed by atoms with E-state index >= 15 is 0 Å². The van der Waals surface area contributed by atoms with Crippen LogP contribution in [0.3, 0.4) is 0 Å². The van der Waals surface area contributed by atoms with E-state index < -0.39 is 0 Å². The number of nitrogens with zero attached hydrogens (tertiary/aromatic N) is 1. The van der Waals surface area contributed by atoms with Crippen molar-refractivity contribution in [1.82, 2.24) is 10.2 Å². The number of carbonyl (C=O) groups excluding carboxylic acids is 1. The van der Waals surface area contributed by atoms with Crippen LogP contribution in [0.2, 0.25) is 0 Å². The molecule has 0 bridgehead atoms. The molecule has 0 aromatic heterocycles. The van der Waals surface area contributed by atoms with Gasteiger partial charge in [0, 0.05) is 26.2 Å². The van der Waals surface area contributed by atoms with Gasteiger partial charge in [-0.3, -0.25) is 4.79 Å². The van der Waals surface area contributed by atoms with Crippen molar-refractivity contribution in [2.45, 2.75) is 39.2 Å². The average Bonchev–Trinajstić information content (AvgIpc) is 2.39. The van der Waals surface area contributed by atoms with Crippen LogP contribution in [0.25, 0.3) is 0 Å². The molecule has 2 fully saturated rings. The topological polar surface area (TPSA) is 41.6 Å². The highest BCUT2D eigenvalue weighted by molar-refractivity contribution is 5.79. The fourth-order valence-electron chi connectivity index (χ4n) is 3.11. The molecule has 2 heterocycles. The monoisotopic (exact) mass is 254 g/mol. The van der Waals surface area contributed by atoms with E-state index in [2.05, 4.69) is 12.2 Å². The molecule has 4 nitrogen and oxygen atoms in total. The van der Waals surface area contributed by atoms with Crippen LogP contribution in [0.4, 0.5) is 0 Å². The van der Waals surface area contributed by atoms with Crippen molar-refractivity contribution in [2.75, 3.05) is 32.8 Å². The minimum atomic E-state index is 0.175. The number of carbonyl (C=O) groups is 1. The SMILES string of the molecule is CCOC1CCCN(C(=O)C2CNCC(C)C2)C1. The van der Waals surface area contributed by atoms with Gasteiger partial charge < -0.3 is 15.0 Å². The molecule has 104 valence electrons. The maximum absolute atomic E-state index is 12.5. The van der Waals surface area contributed by atoms with E-state index in [1.54, 1.807) is 0 Å². The second kappa shape index (κ2) is 6.53. The minimum absolute atomic E-state index is 0.175. The second-order valence-corrected chi connectivity index (χ2v) is 5.70. The van der Waals surface area contributed by atoms with Crippen molar-refractivity contribution in [3.8, 4) is 0 Å². The number of ether oxygens (including phenoxy) is 1. The molecule has 0 aromatic carbocycles. The molecule has 1 amide bonds. The maximum Gasteiger partial charge on any atom is 0.227 e. The zero-order chi connectivity index (χ0) is 13.0. The highest BCUT2D eigenvalue weighted by Gasteiger charge is 2.31. The molecule has 2 aliphatic heterocycles. The normalized spacial score (nSPS) is 33.4. The van der Waals surface area contributed by atoms with E-state index in [1.807, 2.05) is 11.8 Å². The van der Waals surface area contributed by atoms with Gasteiger partial charge in [0.15, 0.2) is 0 Å². The van der Waals surface area contributed by atoms with Crippen molar-refractivity contribution >= 4 is 5.91 Å². The summed E-state index contributed by atoms with van der Waals surface area (Å²) in [5, 5.41) is 3.36. The van der Waals surface area contributed by atoms with Gasteiger partial charge in [-0.15, -0.1) is 0 Å². The molecule has 18 heavy (non-hydrogen) atoms. The Bertz CT molecular complexity index is 281. The Balaban J connectivity index is 1.87. The van der Waals surface area contributed by atoms with E-state index in [0.29, 0.717) is 11.8 Å². The third kappa shape index (κ3) is 3.45. The quantitative estimate of drug-likeness (QED) is 0.824. The molecular weight excluding hydrogens is 228 g/mol. The Hall–Kier alpha value is -0.610. The number of rotatable bonds is 3. The highest BCUT2D eigenvalue weighted by Crippen LogP contribution is 2.21. The molecule has 2 rings (SSSR count). The van der Waals surface area contributed by atoms with Crippen molar-refractivity contribution in [2.24, 2.45) is 11.8 Å². The van der Waals surface area contributed by atoms with Crippen molar-refractivity contribution in [1.29, 1.82) is 0 Å². The van der Waals surface area contributed by atoms with E-state index in [4.69, 9.17) is 4.74 Å². The molecule has 4 heteroatoms. The van der Waals surface area contributed by atoms with Crippen LogP contribution in [0, 0.1) is 11.8 Å². The number of amides is 1. The maximum atomic E-state index is 12.5. The predicted molar refractivity (Wildman–Crippen MR) is 71.4 cm³/mol. The van der Waals surface area contributed by atoms with Crippen molar-refractivity contribution in [3.05, 3.63) is 0 Å². The fourth-order valence-corrected chi connectivity index (χ4v) is 3.11. The summed E-state index contributed by atoms with van der Waals surface area (Å²) < 4.78 is 5.66. The largest absolute Gasteiger partial charge is 0.377 e. The van der Waals surface area contributed by atoms with Gasteiger partial charge >= 0.3 is 0 Å². The Morgan fingerprint density at radius 3 is 3.00 bits per heavy atom. The smallest absolute Gasteiger partial charge is 0.227 e. The van der Waals surface area contributed by atoms with Crippen molar-refractivity contribution < 1.29 is 9.53 Å². The molecule has 0 saturated carbocycles. The zero-order valence-electron chi connectivity index (χ0n) is 11.7. The summed E-state index contributed by atoms with van der Waals surface area (Å²) in [6, 6.07) is 0. The highest BCUT2D eigenvalue weighted by atomic mass is 16.5. The first kappa shape index (κ1) is 13.8. The molecule has 1 N–H and O–H groups in total. The van der Waals surface area contributed by atoms with Crippen LogP contribution in [0.1, 0.15) is 33.1 Å². The molecule has 0 radical (unpaired) electrons. The van der Waals surface area contributed by atoms with E-state index in [-0.39, 0.29) is 12.0 Å². The molecule has 0 aromatic rings. The average molecular weight is 254 g/mol. The first-order valence-electron chi connectivity index (χ1n) is 7.31. The fraction of sp³-hybridized carbons (Fsp3) is 0.929. The van der Waals surface area contributed by atoms with Gasteiger partial charge in [0.05, 0.1) is 12.0 Å². The van der Waals surface area contributed by atoms with E-state index in [1.165, 1.54) is 0 Å². The molecule has 2 saturated heterocycles. The summed E-state index contributed by atoms with van der Waals surface area (Å²) >= 11 is 0. The predicted octanol–water partition coefficient (Wildman–Crippen LogP) is 1.26. The van der Waals surface area contributed by atoms with Gasteiger partial charge in [-0.2, -0.15) is 0 Å². The zero-order valence-corrected chi connectivity index (χ0v) is 11.7. The van der Waals surface area contributed by atoms with Gasteiger partial charge in [-0.05, 0) is 38.6 Å². The summed E-state index contributed by atoms with van der Waals surface area (Å²) in [7, 11) is 0. The summed E-state index contributed by atoms with van der Waals surface area (Å²) in [6.07, 6.45) is 3.45. The second-order valence-electron chi connectivity index (χ2n) is 5.70. The number of likely N-dealkylation sites (tertiary alicyclic amines) is 1. The number of hydrogen-bond donors (Lipinski definition) is 1. The molecule has 3 unspecified atom stereocenters. The minimum Gasteiger partial charge on any atom is -0.377 e. The number of nitrogens with one attached hydrogen (secondary N) is 1. The van der Waals surface area contributed by atoms with Gasteiger partial charge in [0.1, 0.15) is 0 Å². The number of hydrogen-bond acceptors (Lipinski definition) is 3. The van der Waals surface area contributed by atoms with Crippen LogP contribution >= 0.6 is 0 Å². The molecular formula is C14H26N2O2. The first-order chi connectivity index (χ1) is 8.70. The Labute approximate surface area is 110 Å². The lowest BCUT2D eigenvalue weighted by atomic mass is 9.90. The first-order valence-corrected chi connectivity index (χ1v) is 7.31. The lowest BCUT2D eigenvalue weighted by Gasteiger charge is -2.36. The Kier molecular flexibility index (Phi) is 5.01. The van der Waals surface area contributed by atoms with E-state index in [0.717, 1.165) is 52.0 Å². The van der Waals surface area contributed by atoms with Crippen LogP contribution in [-0.2, 0) is 9.53 Å². The number of piperidine rings is 2. The van der Waals surface area contributed by atoms with E-state index in [9.17, 15) is 4.79 Å².